The van der Waals surface area contributed by atoms with Crippen LogP contribution in [0.5, 0.6) is 0 Å². The lowest BCUT2D eigenvalue weighted by Gasteiger charge is -2.32. The molecule has 0 aliphatic carbocycles. The number of amides is 1. The van der Waals surface area contributed by atoms with Crippen molar-refractivity contribution < 1.29 is 14.3 Å². The van der Waals surface area contributed by atoms with Gasteiger partial charge in [-0.15, -0.1) is 0 Å². The number of piperidine rings is 1. The summed E-state index contributed by atoms with van der Waals surface area (Å²) in [6.45, 7) is 2.29. The van der Waals surface area contributed by atoms with Crippen molar-refractivity contribution in [3.63, 3.8) is 0 Å². The lowest BCUT2D eigenvalue weighted by Crippen LogP contribution is -2.44. The number of hydrogen-bond acceptors (Lipinski definition) is 4. The molecule has 0 aromatic heterocycles. The van der Waals surface area contributed by atoms with Crippen molar-refractivity contribution >= 4 is 6.09 Å². The molecule has 5 heteroatoms. The predicted molar refractivity (Wildman–Crippen MR) is 51.0 cm³/mol. The van der Waals surface area contributed by atoms with Crippen LogP contribution in [0.25, 0.3) is 0 Å². The normalized spacial score (nSPS) is 23.0. The van der Waals surface area contributed by atoms with E-state index in [0.29, 0.717) is 26.3 Å². The summed E-state index contributed by atoms with van der Waals surface area (Å²) in [7, 11) is 0. The first-order valence-electron chi connectivity index (χ1n) is 5.22. The number of ether oxygens (including phenoxy) is 2. The largest absolute Gasteiger partial charge is 0.441 e. The van der Waals surface area contributed by atoms with Crippen LogP contribution in [0.3, 0.4) is 0 Å². The van der Waals surface area contributed by atoms with Crippen LogP contribution in [-0.2, 0) is 9.47 Å². The van der Waals surface area contributed by atoms with E-state index in [1.165, 1.54) is 0 Å². The van der Waals surface area contributed by atoms with Gasteiger partial charge in [0.1, 0.15) is 0 Å². The van der Waals surface area contributed by atoms with E-state index in [2.05, 4.69) is 6.07 Å². The number of carbonyl (C=O) groups excluding carboxylic acids is 1. The fraction of sp³-hybridized carbons (Fsp3) is 0.800. The highest BCUT2D eigenvalue weighted by atomic mass is 16.6. The summed E-state index contributed by atoms with van der Waals surface area (Å²) >= 11 is 0. The van der Waals surface area contributed by atoms with Crippen LogP contribution in [0, 0.1) is 17.2 Å². The first-order valence-corrected chi connectivity index (χ1v) is 5.22. The molecular weight excluding hydrogens is 196 g/mol. The molecule has 0 aromatic rings. The molecule has 0 bridgehead atoms. The third-order valence-corrected chi connectivity index (χ3v) is 2.81. The van der Waals surface area contributed by atoms with E-state index in [-0.39, 0.29) is 18.1 Å². The molecule has 2 aliphatic rings. The third kappa shape index (κ3) is 2.39. The minimum Gasteiger partial charge on any atom is -0.441 e. The van der Waals surface area contributed by atoms with Gasteiger partial charge in [-0.2, -0.15) is 5.26 Å². The number of rotatable bonds is 1. The van der Waals surface area contributed by atoms with Gasteiger partial charge in [-0.05, 0) is 12.8 Å². The highest BCUT2D eigenvalue weighted by molar-refractivity contribution is 5.68. The molecule has 2 fully saturated rings. The minimum atomic E-state index is -0.264. The maximum absolute atomic E-state index is 11.6. The quantitative estimate of drug-likeness (QED) is 0.641. The van der Waals surface area contributed by atoms with Gasteiger partial charge in [-0.1, -0.05) is 0 Å². The van der Waals surface area contributed by atoms with Crippen molar-refractivity contribution in [1.82, 2.24) is 4.90 Å². The Kier molecular flexibility index (Phi) is 3.07. The molecule has 2 saturated heterocycles. The summed E-state index contributed by atoms with van der Waals surface area (Å²) in [5.41, 5.74) is 0. The van der Waals surface area contributed by atoms with Gasteiger partial charge in [0.25, 0.3) is 0 Å². The highest BCUT2D eigenvalue weighted by Crippen LogP contribution is 2.17. The average Bonchev–Trinajstić information content (AvgIpc) is 2.23. The van der Waals surface area contributed by atoms with Gasteiger partial charge >= 0.3 is 6.09 Å². The lowest BCUT2D eigenvalue weighted by atomic mass is 9.99. The van der Waals surface area contributed by atoms with Crippen LogP contribution >= 0.6 is 0 Å². The molecule has 82 valence electrons. The van der Waals surface area contributed by atoms with E-state index in [0.717, 1.165) is 12.8 Å². The Morgan fingerprint density at radius 3 is 2.53 bits per heavy atom. The van der Waals surface area contributed by atoms with Crippen LogP contribution in [0.1, 0.15) is 12.8 Å². The Balaban J connectivity index is 1.74. The highest BCUT2D eigenvalue weighted by Gasteiger charge is 2.28. The predicted octanol–water partition coefficient (Wildman–Crippen LogP) is 0.757. The fourth-order valence-corrected chi connectivity index (χ4v) is 1.69. The van der Waals surface area contributed by atoms with Crippen molar-refractivity contribution in [2.45, 2.75) is 18.9 Å². The zero-order valence-electron chi connectivity index (χ0n) is 8.52. The van der Waals surface area contributed by atoms with Crippen LogP contribution in [-0.4, -0.2) is 43.4 Å². The van der Waals surface area contributed by atoms with E-state index >= 15 is 0 Å². The van der Waals surface area contributed by atoms with Gasteiger partial charge in [0, 0.05) is 19.0 Å². The molecule has 5 nitrogen and oxygen atoms in total. The van der Waals surface area contributed by atoms with Crippen LogP contribution in [0.15, 0.2) is 0 Å². The molecule has 0 atom stereocenters. The number of likely N-dealkylation sites (tertiary alicyclic amines) is 1. The smallest absolute Gasteiger partial charge is 0.410 e. The Bertz CT molecular complexity index is 275. The topological polar surface area (TPSA) is 62.6 Å². The van der Waals surface area contributed by atoms with Crippen LogP contribution < -0.4 is 0 Å². The third-order valence-electron chi connectivity index (χ3n) is 2.81. The van der Waals surface area contributed by atoms with Crippen molar-refractivity contribution in [3.8, 4) is 6.07 Å². The molecule has 15 heavy (non-hydrogen) atoms. The van der Waals surface area contributed by atoms with Gasteiger partial charge in [-0.3, -0.25) is 0 Å². The monoisotopic (exact) mass is 210 g/mol. The second-order valence-electron chi connectivity index (χ2n) is 3.93. The summed E-state index contributed by atoms with van der Waals surface area (Å²) in [4.78, 5) is 13.2. The van der Waals surface area contributed by atoms with Crippen molar-refractivity contribution in [2.24, 2.45) is 5.92 Å². The first-order chi connectivity index (χ1) is 7.29. The molecule has 0 saturated carbocycles. The molecule has 0 radical (unpaired) electrons. The van der Waals surface area contributed by atoms with Gasteiger partial charge < -0.3 is 14.4 Å². The Morgan fingerprint density at radius 2 is 2.07 bits per heavy atom. The zero-order valence-corrected chi connectivity index (χ0v) is 8.52. The maximum Gasteiger partial charge on any atom is 0.410 e. The van der Waals surface area contributed by atoms with Crippen LogP contribution in [0.4, 0.5) is 4.79 Å². The van der Waals surface area contributed by atoms with Crippen LogP contribution in [0.2, 0.25) is 0 Å². The zero-order chi connectivity index (χ0) is 10.7. The summed E-state index contributed by atoms with van der Waals surface area (Å²) < 4.78 is 10.1. The first kappa shape index (κ1) is 10.2. The Labute approximate surface area is 88.6 Å². The second-order valence-corrected chi connectivity index (χ2v) is 3.93. The average molecular weight is 210 g/mol. The molecule has 2 aliphatic heterocycles. The summed E-state index contributed by atoms with van der Waals surface area (Å²) in [6.07, 6.45) is 1.19. The molecule has 0 N–H and O–H groups in total. The van der Waals surface area contributed by atoms with Gasteiger partial charge in [-0.25, -0.2) is 4.79 Å². The van der Waals surface area contributed by atoms with E-state index in [1.54, 1.807) is 4.90 Å². The molecule has 2 heterocycles. The van der Waals surface area contributed by atoms with Crippen molar-refractivity contribution in [2.75, 3.05) is 26.3 Å². The Morgan fingerprint density at radius 1 is 1.40 bits per heavy atom. The molecule has 0 aromatic carbocycles. The molecule has 2 rings (SSSR count). The van der Waals surface area contributed by atoms with E-state index in [1.807, 2.05) is 0 Å². The van der Waals surface area contributed by atoms with Gasteiger partial charge in [0.05, 0.1) is 19.3 Å². The minimum absolute atomic E-state index is 0.0637. The van der Waals surface area contributed by atoms with Crippen molar-refractivity contribution in [3.05, 3.63) is 0 Å². The molecule has 1 amide bonds. The number of carbonyl (C=O) groups is 1. The molecule has 0 unspecified atom stereocenters. The van der Waals surface area contributed by atoms with E-state index in [4.69, 9.17) is 14.7 Å². The van der Waals surface area contributed by atoms with E-state index in [9.17, 15) is 4.79 Å². The van der Waals surface area contributed by atoms with E-state index < -0.39 is 0 Å². The number of hydrogen-bond donors (Lipinski definition) is 0. The number of nitriles is 1. The standard InChI is InChI=1S/C10H14N2O3/c11-5-8-1-3-12(4-2-8)10(13)15-9-6-14-7-9/h8-9H,1-4,6-7H2. The van der Waals surface area contributed by atoms with Gasteiger partial charge in [0.2, 0.25) is 0 Å². The molecular formula is C10H14N2O3. The lowest BCUT2D eigenvalue weighted by molar-refractivity contribution is -0.105. The van der Waals surface area contributed by atoms with Gasteiger partial charge in [0.15, 0.2) is 6.10 Å². The Hall–Kier alpha value is -1.28. The summed E-state index contributed by atoms with van der Waals surface area (Å²) in [5, 5.41) is 8.71. The fourth-order valence-electron chi connectivity index (χ4n) is 1.69. The second kappa shape index (κ2) is 4.49. The summed E-state index contributed by atoms with van der Waals surface area (Å²) in [6, 6.07) is 2.23. The summed E-state index contributed by atoms with van der Waals surface area (Å²) in [5.74, 6) is 0.0982. The SMILES string of the molecule is N#CC1CCN(C(=O)OC2COC2)CC1. The number of nitrogens with zero attached hydrogens (tertiary/aromatic N) is 2. The van der Waals surface area contributed by atoms with Crippen molar-refractivity contribution in [1.29, 1.82) is 5.26 Å². The molecule has 0 spiro atoms. The maximum atomic E-state index is 11.6.